The lowest BCUT2D eigenvalue weighted by Gasteiger charge is -2.17. The molecule has 20 heavy (non-hydrogen) atoms. The first-order valence-electron chi connectivity index (χ1n) is 5.20. The minimum Gasteiger partial charge on any atom is -0.494 e. The average molecular weight is 299 g/mol. The molecule has 9 heteroatoms. The van der Waals surface area contributed by atoms with Gasteiger partial charge < -0.3 is 9.47 Å². The number of pyridine rings is 1. The first kappa shape index (κ1) is 16.1. The third kappa shape index (κ3) is 3.34. The highest BCUT2D eigenvalue weighted by Gasteiger charge is 2.37. The number of nitrogens with zero attached hydrogens (tertiary/aromatic N) is 1. The molecule has 1 rings (SSSR count). The van der Waals surface area contributed by atoms with Crippen LogP contribution in [0.3, 0.4) is 0 Å². The van der Waals surface area contributed by atoms with E-state index in [4.69, 9.17) is 0 Å². The molecule has 0 aliphatic heterocycles. The van der Waals surface area contributed by atoms with Crippen LogP contribution in [0.4, 0.5) is 22.0 Å². The number of ether oxygens (including phenoxy) is 2. The quantitative estimate of drug-likeness (QED) is 0.633. The smallest absolute Gasteiger partial charge is 0.418 e. The highest BCUT2D eigenvalue weighted by molar-refractivity contribution is 5.74. The van der Waals surface area contributed by atoms with Crippen molar-refractivity contribution in [1.29, 1.82) is 0 Å². The molecule has 112 valence electrons. The van der Waals surface area contributed by atoms with Gasteiger partial charge in [0, 0.05) is 11.8 Å². The van der Waals surface area contributed by atoms with Crippen LogP contribution in [0.15, 0.2) is 6.20 Å². The molecule has 1 aromatic rings. The highest BCUT2D eigenvalue weighted by Crippen LogP contribution is 2.39. The van der Waals surface area contributed by atoms with Gasteiger partial charge in [-0.05, 0) is 0 Å². The molecule has 1 heterocycles. The zero-order chi connectivity index (χ0) is 15.5. The first-order valence-corrected chi connectivity index (χ1v) is 5.20. The second-order valence-electron chi connectivity index (χ2n) is 3.62. The SMILES string of the molecule is COC(=O)Cc1c(C(F)(F)F)cnc(C(F)F)c1OC. The van der Waals surface area contributed by atoms with E-state index in [1.165, 1.54) is 0 Å². The van der Waals surface area contributed by atoms with Crippen molar-refractivity contribution in [3.05, 3.63) is 23.0 Å². The van der Waals surface area contributed by atoms with Crippen molar-refractivity contribution < 1.29 is 36.2 Å². The molecule has 0 atom stereocenters. The Labute approximate surface area is 110 Å². The van der Waals surface area contributed by atoms with Gasteiger partial charge in [0.25, 0.3) is 6.43 Å². The van der Waals surface area contributed by atoms with Gasteiger partial charge in [-0.1, -0.05) is 0 Å². The van der Waals surface area contributed by atoms with Crippen LogP contribution in [0.5, 0.6) is 5.75 Å². The number of halogens is 5. The minimum absolute atomic E-state index is 0.252. The molecule has 0 amide bonds. The molecule has 0 saturated heterocycles. The third-order valence-electron chi connectivity index (χ3n) is 2.43. The molecule has 1 aromatic heterocycles. The molecule has 0 aliphatic carbocycles. The van der Waals surface area contributed by atoms with Gasteiger partial charge in [0.15, 0.2) is 5.75 Å². The third-order valence-corrected chi connectivity index (χ3v) is 2.43. The Bertz CT molecular complexity index is 502. The van der Waals surface area contributed by atoms with Crippen LogP contribution in [0.2, 0.25) is 0 Å². The molecular weight excluding hydrogens is 289 g/mol. The summed E-state index contributed by atoms with van der Waals surface area (Å²) >= 11 is 0. The predicted molar refractivity (Wildman–Crippen MR) is 56.5 cm³/mol. The summed E-state index contributed by atoms with van der Waals surface area (Å²) < 4.78 is 72.7. The number of carbonyl (C=O) groups excluding carboxylic acids is 1. The van der Waals surface area contributed by atoms with Crippen LogP contribution < -0.4 is 4.74 Å². The monoisotopic (exact) mass is 299 g/mol. The molecule has 0 fully saturated rings. The van der Waals surface area contributed by atoms with Gasteiger partial charge in [-0.2, -0.15) is 13.2 Å². The van der Waals surface area contributed by atoms with Crippen LogP contribution in [0.1, 0.15) is 23.2 Å². The van der Waals surface area contributed by atoms with Crippen molar-refractivity contribution in [1.82, 2.24) is 4.98 Å². The number of hydrogen-bond acceptors (Lipinski definition) is 4. The van der Waals surface area contributed by atoms with E-state index in [0.29, 0.717) is 0 Å². The lowest BCUT2D eigenvalue weighted by Crippen LogP contribution is -2.16. The normalized spacial score (nSPS) is 11.6. The lowest BCUT2D eigenvalue weighted by atomic mass is 10.0. The highest BCUT2D eigenvalue weighted by atomic mass is 19.4. The summed E-state index contributed by atoms with van der Waals surface area (Å²) in [6, 6.07) is 0. The fourth-order valence-corrected chi connectivity index (χ4v) is 1.57. The van der Waals surface area contributed by atoms with E-state index >= 15 is 0 Å². The maximum atomic E-state index is 12.8. The number of alkyl halides is 5. The Balaban J connectivity index is 3.51. The molecule has 0 saturated carbocycles. The van der Waals surface area contributed by atoms with Gasteiger partial charge in [0.2, 0.25) is 0 Å². The number of aromatic nitrogens is 1. The minimum atomic E-state index is -4.86. The summed E-state index contributed by atoms with van der Waals surface area (Å²) in [6.07, 6.45) is -8.59. The van der Waals surface area contributed by atoms with Crippen LogP contribution >= 0.6 is 0 Å². The average Bonchev–Trinajstić information content (AvgIpc) is 2.36. The summed E-state index contributed by atoms with van der Waals surface area (Å²) in [7, 11) is 1.89. The van der Waals surface area contributed by atoms with Gasteiger partial charge in [-0.15, -0.1) is 0 Å². The molecule has 0 aromatic carbocycles. The van der Waals surface area contributed by atoms with Crippen molar-refractivity contribution in [2.45, 2.75) is 19.0 Å². The van der Waals surface area contributed by atoms with Gasteiger partial charge in [-0.25, -0.2) is 8.78 Å². The van der Waals surface area contributed by atoms with Gasteiger partial charge in [0.1, 0.15) is 5.69 Å². The number of hydrogen-bond donors (Lipinski definition) is 0. The topological polar surface area (TPSA) is 48.4 Å². The fourth-order valence-electron chi connectivity index (χ4n) is 1.57. The van der Waals surface area contributed by atoms with Crippen molar-refractivity contribution in [3.63, 3.8) is 0 Å². The second-order valence-corrected chi connectivity index (χ2v) is 3.62. The molecule has 0 N–H and O–H groups in total. The van der Waals surface area contributed by atoms with Crippen molar-refractivity contribution in [2.75, 3.05) is 14.2 Å². The summed E-state index contributed by atoms with van der Waals surface area (Å²) in [4.78, 5) is 14.2. The predicted octanol–water partition coefficient (Wildman–Crippen LogP) is 2.76. The molecule has 0 unspecified atom stereocenters. The molecule has 0 spiro atoms. The van der Waals surface area contributed by atoms with Crippen LogP contribution in [0, 0.1) is 0 Å². The van der Waals surface area contributed by atoms with E-state index < -0.39 is 47.6 Å². The number of esters is 1. The van der Waals surface area contributed by atoms with Crippen LogP contribution in [-0.4, -0.2) is 25.2 Å². The standard InChI is InChI=1S/C11H10F5NO3/c1-19-7(18)3-5-6(11(14,15)16)4-17-8(10(12)13)9(5)20-2/h4,10H,3H2,1-2H3. The van der Waals surface area contributed by atoms with Crippen molar-refractivity contribution in [3.8, 4) is 5.75 Å². The largest absolute Gasteiger partial charge is 0.494 e. The second kappa shape index (κ2) is 6.02. The molecule has 0 bridgehead atoms. The zero-order valence-corrected chi connectivity index (χ0v) is 10.4. The van der Waals surface area contributed by atoms with Crippen molar-refractivity contribution >= 4 is 5.97 Å². The molecule has 4 nitrogen and oxygen atoms in total. The summed E-state index contributed by atoms with van der Waals surface area (Å²) in [5, 5.41) is 0. The number of carbonyl (C=O) groups is 1. The Kier molecular flexibility index (Phi) is 4.85. The van der Waals surface area contributed by atoms with Crippen molar-refractivity contribution in [2.24, 2.45) is 0 Å². The number of rotatable bonds is 4. The van der Waals surface area contributed by atoms with Gasteiger partial charge in [0.05, 0.1) is 26.2 Å². The van der Waals surface area contributed by atoms with Crippen LogP contribution in [0.25, 0.3) is 0 Å². The van der Waals surface area contributed by atoms with E-state index in [1.807, 2.05) is 0 Å². The van der Waals surface area contributed by atoms with E-state index in [-0.39, 0.29) is 6.20 Å². The zero-order valence-electron chi connectivity index (χ0n) is 10.4. The van der Waals surface area contributed by atoms with Gasteiger partial charge in [-0.3, -0.25) is 9.78 Å². The Morgan fingerprint density at radius 3 is 2.35 bits per heavy atom. The summed E-state index contributed by atoms with van der Waals surface area (Å²) in [5.74, 6) is -1.78. The van der Waals surface area contributed by atoms with E-state index in [0.717, 1.165) is 14.2 Å². The Hall–Kier alpha value is -1.93. The summed E-state index contributed by atoms with van der Waals surface area (Å²) in [5.41, 5.74) is -3.00. The Morgan fingerprint density at radius 2 is 1.95 bits per heavy atom. The van der Waals surface area contributed by atoms with Crippen LogP contribution in [-0.2, 0) is 22.1 Å². The summed E-state index contributed by atoms with van der Waals surface area (Å²) in [6.45, 7) is 0. The van der Waals surface area contributed by atoms with E-state index in [1.54, 1.807) is 0 Å². The maximum Gasteiger partial charge on any atom is 0.418 e. The first-order chi connectivity index (χ1) is 9.22. The molecular formula is C11H10F5NO3. The molecule has 0 aliphatic rings. The Morgan fingerprint density at radius 1 is 1.35 bits per heavy atom. The maximum absolute atomic E-state index is 12.8. The fraction of sp³-hybridized carbons (Fsp3) is 0.455. The lowest BCUT2D eigenvalue weighted by molar-refractivity contribution is -0.141. The molecule has 0 radical (unpaired) electrons. The number of methoxy groups -OCH3 is 2. The van der Waals surface area contributed by atoms with E-state index in [2.05, 4.69) is 14.5 Å². The van der Waals surface area contributed by atoms with Gasteiger partial charge >= 0.3 is 12.1 Å². The van der Waals surface area contributed by atoms with E-state index in [9.17, 15) is 26.7 Å².